The van der Waals surface area contributed by atoms with Crippen molar-refractivity contribution in [3.63, 3.8) is 0 Å². The molecule has 0 spiro atoms. The molecule has 0 radical (unpaired) electrons. The summed E-state index contributed by atoms with van der Waals surface area (Å²) in [5.74, 6) is 0.195. The van der Waals surface area contributed by atoms with Crippen LogP contribution in [0.1, 0.15) is 18.4 Å². The lowest BCUT2D eigenvalue weighted by atomic mass is 10.0. The van der Waals surface area contributed by atoms with Crippen LogP contribution < -0.4 is 4.72 Å². The smallest absolute Gasteiger partial charge is 0.250 e. The molecule has 1 aromatic carbocycles. The minimum absolute atomic E-state index is 0.0188. The molecule has 8 heteroatoms. The first-order valence-electron chi connectivity index (χ1n) is 8.05. The molecule has 2 N–H and O–H groups in total. The highest BCUT2D eigenvalue weighted by atomic mass is 32.2. The number of carbonyl (C=O) groups is 1. The third kappa shape index (κ3) is 4.59. The monoisotopic (exact) mass is 380 g/mol. The van der Waals surface area contributed by atoms with Gasteiger partial charge in [-0.3, -0.25) is 4.79 Å². The summed E-state index contributed by atoms with van der Waals surface area (Å²) in [7, 11) is -3.47. The summed E-state index contributed by atoms with van der Waals surface area (Å²) in [4.78, 5) is 14.1. The molecule has 0 bridgehead atoms. The van der Waals surface area contributed by atoms with Crippen LogP contribution in [0.4, 0.5) is 0 Å². The van der Waals surface area contributed by atoms with Gasteiger partial charge in [0.15, 0.2) is 0 Å². The van der Waals surface area contributed by atoms with Gasteiger partial charge in [0, 0.05) is 19.1 Å². The fraction of sp³-hybridized carbons (Fsp3) is 0.353. The number of benzene rings is 1. The van der Waals surface area contributed by atoms with E-state index in [1.54, 1.807) is 46.7 Å². The van der Waals surface area contributed by atoms with Crippen LogP contribution in [0.2, 0.25) is 0 Å². The zero-order valence-corrected chi connectivity index (χ0v) is 15.2. The van der Waals surface area contributed by atoms with Gasteiger partial charge in [0.05, 0.1) is 6.42 Å². The second-order valence-corrected chi connectivity index (χ2v) is 8.94. The van der Waals surface area contributed by atoms with Gasteiger partial charge in [0.2, 0.25) is 15.9 Å². The largest absolute Gasteiger partial charge is 0.508 e. The van der Waals surface area contributed by atoms with Crippen LogP contribution in [0.25, 0.3) is 0 Å². The first kappa shape index (κ1) is 17.9. The number of thiophene rings is 1. The van der Waals surface area contributed by atoms with E-state index in [1.807, 2.05) is 0 Å². The number of hydrogen-bond donors (Lipinski definition) is 2. The molecule has 1 aliphatic rings. The van der Waals surface area contributed by atoms with Gasteiger partial charge in [-0.2, -0.15) is 0 Å². The summed E-state index contributed by atoms with van der Waals surface area (Å²) in [6.45, 7) is 1.07. The van der Waals surface area contributed by atoms with E-state index in [4.69, 9.17) is 0 Å². The molecule has 2 aromatic rings. The summed E-state index contributed by atoms with van der Waals surface area (Å²) in [6.07, 6.45) is 1.49. The summed E-state index contributed by atoms with van der Waals surface area (Å²) < 4.78 is 27.5. The molecule has 1 aliphatic heterocycles. The number of nitrogens with one attached hydrogen (secondary N) is 1. The van der Waals surface area contributed by atoms with Gasteiger partial charge >= 0.3 is 0 Å². The van der Waals surface area contributed by atoms with Crippen LogP contribution in [0.5, 0.6) is 5.75 Å². The van der Waals surface area contributed by atoms with Crippen molar-refractivity contribution in [2.75, 3.05) is 13.1 Å². The molecule has 0 saturated carbocycles. The van der Waals surface area contributed by atoms with Crippen molar-refractivity contribution in [2.45, 2.75) is 29.5 Å². The van der Waals surface area contributed by atoms with E-state index in [0.717, 1.165) is 5.56 Å². The van der Waals surface area contributed by atoms with Gasteiger partial charge in [-0.15, -0.1) is 11.3 Å². The second kappa shape index (κ2) is 7.55. The zero-order chi connectivity index (χ0) is 17.9. The topological polar surface area (TPSA) is 86.7 Å². The van der Waals surface area contributed by atoms with E-state index in [-0.39, 0.29) is 24.1 Å². The van der Waals surface area contributed by atoms with Crippen LogP contribution >= 0.6 is 11.3 Å². The van der Waals surface area contributed by atoms with Gasteiger partial charge in [0.1, 0.15) is 9.96 Å². The van der Waals surface area contributed by atoms with Crippen molar-refractivity contribution >= 4 is 27.3 Å². The van der Waals surface area contributed by atoms with Gasteiger partial charge < -0.3 is 10.0 Å². The average Bonchev–Trinajstić information content (AvgIpc) is 3.13. The van der Waals surface area contributed by atoms with E-state index >= 15 is 0 Å². The van der Waals surface area contributed by atoms with Crippen LogP contribution in [0, 0.1) is 0 Å². The summed E-state index contributed by atoms with van der Waals surface area (Å²) in [5.41, 5.74) is 0.850. The lowest BCUT2D eigenvalue weighted by Gasteiger charge is -2.32. The molecule has 25 heavy (non-hydrogen) atoms. The standard InChI is InChI=1S/C17H20N2O4S2/c20-15-5-3-13(4-6-15)12-16(21)19-9-7-14(8-10-19)18-25(22,23)17-2-1-11-24-17/h1-6,11,14,18,20H,7-10,12H2. The average molecular weight is 380 g/mol. The number of likely N-dealkylation sites (tertiary alicyclic amines) is 1. The number of amides is 1. The highest BCUT2D eigenvalue weighted by Gasteiger charge is 2.27. The maximum Gasteiger partial charge on any atom is 0.250 e. The van der Waals surface area contributed by atoms with Crippen molar-refractivity contribution in [1.82, 2.24) is 9.62 Å². The highest BCUT2D eigenvalue weighted by Crippen LogP contribution is 2.19. The second-order valence-electron chi connectivity index (χ2n) is 6.05. The lowest BCUT2D eigenvalue weighted by molar-refractivity contribution is -0.131. The van der Waals surface area contributed by atoms with Crippen molar-refractivity contribution in [3.05, 3.63) is 47.3 Å². The fourth-order valence-corrected chi connectivity index (χ4v) is 5.16. The Balaban J connectivity index is 1.51. The highest BCUT2D eigenvalue weighted by molar-refractivity contribution is 7.91. The third-order valence-electron chi connectivity index (χ3n) is 4.22. The number of piperidine rings is 1. The summed E-state index contributed by atoms with van der Waals surface area (Å²) in [5, 5.41) is 11.0. The number of sulfonamides is 1. The minimum atomic E-state index is -3.47. The Bertz CT molecular complexity index is 809. The first-order valence-corrected chi connectivity index (χ1v) is 10.4. The van der Waals surface area contributed by atoms with Crippen LogP contribution in [0.3, 0.4) is 0 Å². The number of hydrogen-bond acceptors (Lipinski definition) is 5. The summed E-state index contributed by atoms with van der Waals surface area (Å²) >= 11 is 1.19. The lowest BCUT2D eigenvalue weighted by Crippen LogP contribution is -2.46. The van der Waals surface area contributed by atoms with Crippen molar-refractivity contribution in [3.8, 4) is 5.75 Å². The quantitative estimate of drug-likeness (QED) is 0.830. The number of aromatic hydroxyl groups is 1. The fourth-order valence-electron chi connectivity index (χ4n) is 2.84. The molecular formula is C17H20N2O4S2. The summed E-state index contributed by atoms with van der Waals surface area (Å²) in [6, 6.07) is 9.74. The Morgan fingerprint density at radius 2 is 1.88 bits per heavy atom. The predicted molar refractivity (Wildman–Crippen MR) is 96.1 cm³/mol. The molecule has 3 rings (SSSR count). The number of carbonyl (C=O) groups excluding carboxylic acids is 1. The third-order valence-corrected chi connectivity index (χ3v) is 7.14. The molecule has 1 aromatic heterocycles. The van der Waals surface area contributed by atoms with Gasteiger partial charge in [-0.1, -0.05) is 18.2 Å². The Kier molecular flexibility index (Phi) is 5.41. The molecule has 1 fully saturated rings. The van der Waals surface area contributed by atoms with Crippen LogP contribution in [0.15, 0.2) is 46.0 Å². The van der Waals surface area contributed by atoms with E-state index in [2.05, 4.69) is 4.72 Å². The van der Waals surface area contributed by atoms with Gasteiger partial charge in [-0.25, -0.2) is 13.1 Å². The van der Waals surface area contributed by atoms with Crippen molar-refractivity contribution in [2.24, 2.45) is 0 Å². The normalized spacial score (nSPS) is 16.1. The van der Waals surface area contributed by atoms with Crippen LogP contribution in [-0.4, -0.2) is 43.5 Å². The van der Waals surface area contributed by atoms with Gasteiger partial charge in [0.25, 0.3) is 0 Å². The molecular weight excluding hydrogens is 360 g/mol. The molecule has 0 atom stereocenters. The van der Waals surface area contributed by atoms with Crippen molar-refractivity contribution < 1.29 is 18.3 Å². The number of nitrogens with zero attached hydrogens (tertiary/aromatic N) is 1. The Hall–Kier alpha value is -1.90. The Morgan fingerprint density at radius 1 is 1.20 bits per heavy atom. The van der Waals surface area contributed by atoms with Crippen LogP contribution in [-0.2, 0) is 21.2 Å². The van der Waals surface area contributed by atoms with E-state index < -0.39 is 10.0 Å². The number of rotatable bonds is 5. The maximum atomic E-state index is 12.4. The molecule has 0 aliphatic carbocycles. The zero-order valence-electron chi connectivity index (χ0n) is 13.6. The molecule has 1 saturated heterocycles. The van der Waals surface area contributed by atoms with E-state index in [1.165, 1.54) is 11.3 Å². The number of phenols is 1. The first-order chi connectivity index (χ1) is 11.9. The minimum Gasteiger partial charge on any atom is -0.508 e. The molecule has 0 unspecified atom stereocenters. The Labute approximate surface area is 151 Å². The molecule has 1 amide bonds. The molecule has 134 valence electrons. The van der Waals surface area contributed by atoms with Gasteiger partial charge in [-0.05, 0) is 42.0 Å². The van der Waals surface area contributed by atoms with Crippen molar-refractivity contribution in [1.29, 1.82) is 0 Å². The Morgan fingerprint density at radius 3 is 2.48 bits per heavy atom. The molecule has 6 nitrogen and oxygen atoms in total. The molecule has 2 heterocycles. The maximum absolute atomic E-state index is 12.4. The number of phenolic OH excluding ortho intramolecular Hbond substituents is 1. The van der Waals surface area contributed by atoms with E-state index in [0.29, 0.717) is 30.1 Å². The van der Waals surface area contributed by atoms with E-state index in [9.17, 15) is 18.3 Å². The predicted octanol–water partition coefficient (Wildman–Crippen LogP) is 1.97. The SMILES string of the molecule is O=C(Cc1ccc(O)cc1)N1CCC(NS(=O)(=O)c2cccs2)CC1.